The lowest BCUT2D eigenvalue weighted by atomic mass is 9.98. The maximum Gasteiger partial charge on any atom is 0.296 e. The van der Waals surface area contributed by atoms with E-state index in [1.165, 1.54) is 30.4 Å². The van der Waals surface area contributed by atoms with Gasteiger partial charge in [0.2, 0.25) is 0 Å². The van der Waals surface area contributed by atoms with Crippen molar-refractivity contribution < 1.29 is 33.0 Å². The summed E-state index contributed by atoms with van der Waals surface area (Å²) in [5.74, 6) is -1.74. The molecule has 170 valence electrons. The standard InChI is InChI=1S/C25H22FNO6/c1-3-32-17-9-6-15(7-10-17)14-27-22(20-5-4-12-33-20)21(24(29)25(27)30)23(28)18-13-16(26)8-11-19(18)31-2/h4-13,22,28H,3,14H2,1-2H3/b23-21-. The van der Waals surface area contributed by atoms with E-state index in [-0.39, 0.29) is 29.2 Å². The topological polar surface area (TPSA) is 89.2 Å². The van der Waals surface area contributed by atoms with Crippen molar-refractivity contribution in [3.8, 4) is 11.5 Å². The highest BCUT2D eigenvalue weighted by molar-refractivity contribution is 6.46. The molecule has 1 atom stereocenters. The summed E-state index contributed by atoms with van der Waals surface area (Å²) in [6.07, 6.45) is 1.41. The van der Waals surface area contributed by atoms with Gasteiger partial charge in [-0.1, -0.05) is 12.1 Å². The number of halogens is 1. The molecule has 1 saturated heterocycles. The highest BCUT2D eigenvalue weighted by atomic mass is 19.1. The molecule has 33 heavy (non-hydrogen) atoms. The Kier molecular flexibility index (Phi) is 6.17. The van der Waals surface area contributed by atoms with Gasteiger partial charge in [-0.2, -0.15) is 0 Å². The Morgan fingerprint density at radius 2 is 1.91 bits per heavy atom. The molecule has 0 spiro atoms. The Balaban J connectivity index is 1.80. The average molecular weight is 451 g/mol. The molecule has 1 N–H and O–H groups in total. The van der Waals surface area contributed by atoms with Crippen LogP contribution in [0, 0.1) is 5.82 Å². The number of carbonyl (C=O) groups excluding carboxylic acids is 2. The SMILES string of the molecule is CCOc1ccc(CN2C(=O)C(=O)/C(=C(\O)c3cc(F)ccc3OC)C2c2ccco2)cc1. The second kappa shape index (κ2) is 9.20. The molecule has 1 aliphatic heterocycles. The largest absolute Gasteiger partial charge is 0.507 e. The van der Waals surface area contributed by atoms with Crippen LogP contribution in [-0.4, -0.2) is 35.4 Å². The van der Waals surface area contributed by atoms with Crippen LogP contribution < -0.4 is 9.47 Å². The van der Waals surface area contributed by atoms with Crippen molar-refractivity contribution in [1.29, 1.82) is 0 Å². The molecule has 1 unspecified atom stereocenters. The number of ether oxygens (including phenoxy) is 2. The van der Waals surface area contributed by atoms with Gasteiger partial charge >= 0.3 is 0 Å². The number of hydrogen-bond donors (Lipinski definition) is 1. The fraction of sp³-hybridized carbons (Fsp3) is 0.200. The minimum absolute atomic E-state index is 0.0341. The quantitative estimate of drug-likeness (QED) is 0.324. The molecule has 1 fully saturated rings. The fourth-order valence-corrected chi connectivity index (χ4v) is 3.85. The van der Waals surface area contributed by atoms with Gasteiger partial charge in [0.05, 0.1) is 31.1 Å². The van der Waals surface area contributed by atoms with Crippen LogP contribution in [0.15, 0.2) is 70.9 Å². The smallest absolute Gasteiger partial charge is 0.296 e. The van der Waals surface area contributed by atoms with E-state index in [4.69, 9.17) is 13.9 Å². The number of amides is 1. The number of methoxy groups -OCH3 is 1. The number of furan rings is 1. The lowest BCUT2D eigenvalue weighted by molar-refractivity contribution is -0.140. The van der Waals surface area contributed by atoms with Crippen molar-refractivity contribution in [2.45, 2.75) is 19.5 Å². The van der Waals surface area contributed by atoms with Gasteiger partial charge in [-0.15, -0.1) is 0 Å². The number of likely N-dealkylation sites (tertiary alicyclic amines) is 1. The second-order valence-corrected chi connectivity index (χ2v) is 7.36. The van der Waals surface area contributed by atoms with Crippen LogP contribution in [0.25, 0.3) is 5.76 Å². The molecule has 7 nitrogen and oxygen atoms in total. The zero-order valence-electron chi connectivity index (χ0n) is 18.1. The minimum atomic E-state index is -1.00. The Morgan fingerprint density at radius 1 is 1.15 bits per heavy atom. The normalized spacial score (nSPS) is 17.4. The predicted molar refractivity (Wildman–Crippen MR) is 117 cm³/mol. The molecule has 2 heterocycles. The van der Waals surface area contributed by atoms with Crippen LogP contribution in [0.2, 0.25) is 0 Å². The van der Waals surface area contributed by atoms with Gasteiger partial charge < -0.3 is 23.9 Å². The summed E-state index contributed by atoms with van der Waals surface area (Å²) in [7, 11) is 1.36. The number of benzene rings is 2. The monoisotopic (exact) mass is 451 g/mol. The van der Waals surface area contributed by atoms with Gasteiger partial charge in [-0.25, -0.2) is 4.39 Å². The van der Waals surface area contributed by atoms with Gasteiger partial charge in [0.1, 0.15) is 34.9 Å². The molecule has 0 saturated carbocycles. The van der Waals surface area contributed by atoms with Crippen molar-refractivity contribution in [1.82, 2.24) is 4.90 Å². The van der Waals surface area contributed by atoms with Crippen molar-refractivity contribution in [2.75, 3.05) is 13.7 Å². The first kappa shape index (κ1) is 22.1. The molecule has 1 aromatic heterocycles. The summed E-state index contributed by atoms with van der Waals surface area (Å²) in [6, 6.07) is 12.9. The zero-order chi connectivity index (χ0) is 23.5. The Bertz CT molecular complexity index is 1200. The molecule has 8 heteroatoms. The van der Waals surface area contributed by atoms with E-state index in [2.05, 4.69) is 0 Å². The van der Waals surface area contributed by atoms with Gasteiger partial charge in [0.15, 0.2) is 0 Å². The third kappa shape index (κ3) is 4.19. The summed E-state index contributed by atoms with van der Waals surface area (Å²) in [6.45, 7) is 2.49. The maximum absolute atomic E-state index is 13.9. The second-order valence-electron chi connectivity index (χ2n) is 7.36. The molecular formula is C25H22FNO6. The zero-order valence-corrected chi connectivity index (χ0v) is 18.1. The minimum Gasteiger partial charge on any atom is -0.507 e. The number of ketones is 1. The van der Waals surface area contributed by atoms with Crippen LogP contribution in [0.3, 0.4) is 0 Å². The van der Waals surface area contributed by atoms with Gasteiger partial charge in [-0.05, 0) is 55.0 Å². The highest BCUT2D eigenvalue weighted by Gasteiger charge is 2.47. The summed E-state index contributed by atoms with van der Waals surface area (Å²) < 4.78 is 30.1. The van der Waals surface area contributed by atoms with E-state index in [0.717, 1.165) is 11.6 Å². The summed E-state index contributed by atoms with van der Waals surface area (Å²) in [4.78, 5) is 27.4. The lowest BCUT2D eigenvalue weighted by Gasteiger charge is -2.23. The third-order valence-electron chi connectivity index (χ3n) is 5.36. The van der Waals surface area contributed by atoms with Gasteiger partial charge in [0.25, 0.3) is 11.7 Å². The van der Waals surface area contributed by atoms with Crippen LogP contribution in [-0.2, 0) is 16.1 Å². The Morgan fingerprint density at radius 3 is 2.55 bits per heavy atom. The fourth-order valence-electron chi connectivity index (χ4n) is 3.85. The van der Waals surface area contributed by atoms with Crippen molar-refractivity contribution >= 4 is 17.4 Å². The summed E-state index contributed by atoms with van der Waals surface area (Å²) in [5, 5.41) is 11.1. The average Bonchev–Trinajstić information content (AvgIpc) is 3.43. The molecule has 1 amide bonds. The van der Waals surface area contributed by atoms with E-state index >= 15 is 0 Å². The van der Waals surface area contributed by atoms with Crippen molar-refractivity contribution in [3.05, 3.63) is 89.1 Å². The lowest BCUT2D eigenvalue weighted by Crippen LogP contribution is -2.29. The van der Waals surface area contributed by atoms with Gasteiger partial charge in [-0.3, -0.25) is 9.59 Å². The first-order valence-corrected chi connectivity index (χ1v) is 10.3. The summed E-state index contributed by atoms with van der Waals surface area (Å²) in [5.41, 5.74) is 0.512. The number of rotatable bonds is 7. The summed E-state index contributed by atoms with van der Waals surface area (Å²) >= 11 is 0. The van der Waals surface area contributed by atoms with E-state index in [1.54, 1.807) is 36.4 Å². The number of hydrogen-bond acceptors (Lipinski definition) is 6. The Labute approximate surface area is 189 Å². The predicted octanol–water partition coefficient (Wildman–Crippen LogP) is 4.45. The molecule has 0 aliphatic carbocycles. The van der Waals surface area contributed by atoms with E-state index < -0.39 is 29.3 Å². The Hall–Kier alpha value is -4.07. The maximum atomic E-state index is 13.9. The number of aliphatic hydroxyl groups is 1. The van der Waals surface area contributed by atoms with Crippen LogP contribution in [0.4, 0.5) is 4.39 Å². The molecule has 4 rings (SSSR count). The number of nitrogens with zero attached hydrogens (tertiary/aromatic N) is 1. The first-order valence-electron chi connectivity index (χ1n) is 10.3. The van der Waals surface area contributed by atoms with Gasteiger partial charge in [0, 0.05) is 6.54 Å². The molecule has 1 aliphatic rings. The van der Waals surface area contributed by atoms with E-state index in [9.17, 15) is 19.1 Å². The van der Waals surface area contributed by atoms with Crippen LogP contribution >= 0.6 is 0 Å². The van der Waals surface area contributed by atoms with Crippen molar-refractivity contribution in [3.63, 3.8) is 0 Å². The molecule has 3 aromatic rings. The molecule has 2 aromatic carbocycles. The number of Topliss-reactive ketones (excluding diaryl/α,β-unsaturated/α-hetero) is 1. The van der Waals surface area contributed by atoms with E-state index in [0.29, 0.717) is 12.4 Å². The molecule has 0 radical (unpaired) electrons. The van der Waals surface area contributed by atoms with Crippen molar-refractivity contribution in [2.24, 2.45) is 0 Å². The molecular weight excluding hydrogens is 429 g/mol. The van der Waals surface area contributed by atoms with Crippen LogP contribution in [0.1, 0.15) is 29.9 Å². The molecule has 0 bridgehead atoms. The number of aliphatic hydroxyl groups excluding tert-OH is 1. The third-order valence-corrected chi connectivity index (χ3v) is 5.36. The van der Waals surface area contributed by atoms with E-state index in [1.807, 2.05) is 6.92 Å². The first-order chi connectivity index (χ1) is 15.9. The number of carbonyl (C=O) groups is 2. The highest BCUT2D eigenvalue weighted by Crippen LogP contribution is 2.42. The van der Waals surface area contributed by atoms with Crippen LogP contribution in [0.5, 0.6) is 11.5 Å².